The van der Waals surface area contributed by atoms with Crippen LogP contribution in [0.15, 0.2) is 0 Å². The van der Waals surface area contributed by atoms with Gasteiger partial charge in [0.1, 0.15) is 0 Å². The van der Waals surface area contributed by atoms with Crippen LogP contribution in [0.1, 0.15) is 97.8 Å². The Morgan fingerprint density at radius 1 is 0.842 bits per heavy atom. The molecule has 0 aliphatic rings. The quantitative estimate of drug-likeness (QED) is 0.284. The van der Waals surface area contributed by atoms with Crippen LogP contribution < -0.4 is 0 Å². The first kappa shape index (κ1) is 18.9. The van der Waals surface area contributed by atoms with Crippen molar-refractivity contribution in [3.63, 3.8) is 0 Å². The van der Waals surface area contributed by atoms with Crippen molar-refractivity contribution in [1.29, 1.82) is 0 Å². The van der Waals surface area contributed by atoms with Crippen molar-refractivity contribution >= 4 is 17.3 Å². The van der Waals surface area contributed by atoms with Gasteiger partial charge in [0, 0.05) is 6.42 Å². The topological polar surface area (TPSA) is 9.23 Å². The highest BCUT2D eigenvalue weighted by molar-refractivity contribution is 7.80. The molecule has 0 aromatic carbocycles. The summed E-state index contributed by atoms with van der Waals surface area (Å²) >= 11 is 5.15. The summed E-state index contributed by atoms with van der Waals surface area (Å²) < 4.78 is 5.75. The fourth-order valence-electron chi connectivity index (χ4n) is 2.30. The average Bonchev–Trinajstić information content (AvgIpc) is 2.43. The van der Waals surface area contributed by atoms with Gasteiger partial charge in [-0.3, -0.25) is 0 Å². The van der Waals surface area contributed by atoms with Crippen molar-refractivity contribution in [2.45, 2.75) is 104 Å². The summed E-state index contributed by atoms with van der Waals surface area (Å²) in [6.45, 7) is 6.53. The van der Waals surface area contributed by atoms with Crippen molar-refractivity contribution in [3.8, 4) is 0 Å². The number of unbranched alkanes of at least 4 members (excludes halogenated alkanes) is 8. The predicted octanol–water partition coefficient (Wildman–Crippen LogP) is 6.44. The van der Waals surface area contributed by atoms with Gasteiger partial charge in [-0.2, -0.15) is 0 Å². The summed E-state index contributed by atoms with van der Waals surface area (Å²) in [6, 6.07) is 0. The summed E-state index contributed by atoms with van der Waals surface area (Å²) in [4.78, 5) is 0. The van der Waals surface area contributed by atoms with Crippen molar-refractivity contribution in [2.75, 3.05) is 0 Å². The molecule has 1 nitrogen and oxygen atoms in total. The Balaban J connectivity index is 3.33. The maximum atomic E-state index is 5.75. The average molecular weight is 287 g/mol. The molecule has 1 unspecified atom stereocenters. The largest absolute Gasteiger partial charge is 0.484 e. The molecule has 19 heavy (non-hydrogen) atoms. The molecule has 0 saturated heterocycles. The van der Waals surface area contributed by atoms with Crippen LogP contribution in [0.4, 0.5) is 0 Å². The molecule has 0 rings (SSSR count). The van der Waals surface area contributed by atoms with E-state index in [2.05, 4.69) is 20.8 Å². The maximum Gasteiger partial charge on any atom is 0.159 e. The molecule has 0 aromatic heterocycles. The SMILES string of the molecule is CCCCCCCCCCCC(CC)OC(=S)CC. The van der Waals surface area contributed by atoms with Gasteiger partial charge >= 0.3 is 0 Å². The van der Waals surface area contributed by atoms with E-state index >= 15 is 0 Å². The van der Waals surface area contributed by atoms with Gasteiger partial charge in [-0.1, -0.05) is 72.1 Å². The third kappa shape index (κ3) is 12.7. The van der Waals surface area contributed by atoms with E-state index in [1.807, 2.05) is 0 Å². The summed E-state index contributed by atoms with van der Waals surface area (Å²) in [7, 11) is 0. The third-order valence-electron chi connectivity index (χ3n) is 3.67. The van der Waals surface area contributed by atoms with E-state index in [0.717, 1.165) is 17.9 Å². The fraction of sp³-hybridized carbons (Fsp3) is 0.941. The zero-order valence-electron chi connectivity index (χ0n) is 13.4. The Morgan fingerprint density at radius 2 is 1.37 bits per heavy atom. The normalized spacial score (nSPS) is 12.4. The van der Waals surface area contributed by atoms with Crippen LogP contribution >= 0.6 is 12.2 Å². The van der Waals surface area contributed by atoms with Crippen LogP contribution in [0.5, 0.6) is 0 Å². The second-order valence-electron chi connectivity index (χ2n) is 5.49. The minimum atomic E-state index is 0.358. The second-order valence-corrected chi connectivity index (χ2v) is 5.95. The van der Waals surface area contributed by atoms with Crippen LogP contribution in [-0.4, -0.2) is 11.2 Å². The van der Waals surface area contributed by atoms with E-state index < -0.39 is 0 Å². The van der Waals surface area contributed by atoms with E-state index in [-0.39, 0.29) is 0 Å². The Morgan fingerprint density at radius 3 is 1.84 bits per heavy atom. The summed E-state index contributed by atoms with van der Waals surface area (Å²) in [5.41, 5.74) is 0. The molecule has 2 heteroatoms. The Bertz CT molecular complexity index is 203. The van der Waals surface area contributed by atoms with Gasteiger partial charge in [0.15, 0.2) is 5.05 Å². The molecule has 0 heterocycles. The molecular formula is C17H34OS. The smallest absolute Gasteiger partial charge is 0.159 e. The number of hydrogen-bond acceptors (Lipinski definition) is 2. The number of ether oxygens (including phenoxy) is 1. The van der Waals surface area contributed by atoms with E-state index in [4.69, 9.17) is 17.0 Å². The predicted molar refractivity (Wildman–Crippen MR) is 89.9 cm³/mol. The standard InChI is InChI=1S/C17H34OS/c1-4-7-8-9-10-11-12-13-14-15-16(5-2)18-17(19)6-3/h16H,4-15H2,1-3H3. The molecule has 0 aromatic rings. The summed E-state index contributed by atoms with van der Waals surface area (Å²) in [5.74, 6) is 0. The molecule has 0 amide bonds. The number of rotatable bonds is 13. The van der Waals surface area contributed by atoms with E-state index in [1.54, 1.807) is 0 Å². The monoisotopic (exact) mass is 286 g/mol. The fourth-order valence-corrected chi connectivity index (χ4v) is 2.43. The molecule has 0 saturated carbocycles. The molecule has 0 spiro atoms. The Kier molecular flexibility index (Phi) is 14.2. The Hall–Kier alpha value is -0.110. The lowest BCUT2D eigenvalue weighted by Gasteiger charge is -2.17. The molecule has 0 fully saturated rings. The van der Waals surface area contributed by atoms with Crippen LogP contribution in [0.3, 0.4) is 0 Å². The minimum Gasteiger partial charge on any atom is -0.484 e. The third-order valence-corrected chi connectivity index (χ3v) is 4.06. The molecule has 0 bridgehead atoms. The van der Waals surface area contributed by atoms with Crippen LogP contribution in [0.2, 0.25) is 0 Å². The molecule has 0 aliphatic carbocycles. The molecule has 1 atom stereocenters. The van der Waals surface area contributed by atoms with Crippen molar-refractivity contribution in [2.24, 2.45) is 0 Å². The summed E-state index contributed by atoms with van der Waals surface area (Å²) in [5, 5.41) is 0.780. The van der Waals surface area contributed by atoms with Crippen LogP contribution in [0, 0.1) is 0 Å². The molecule has 114 valence electrons. The van der Waals surface area contributed by atoms with E-state index in [0.29, 0.717) is 6.10 Å². The number of hydrogen-bond donors (Lipinski definition) is 0. The van der Waals surface area contributed by atoms with Gasteiger partial charge in [0.05, 0.1) is 6.10 Å². The zero-order valence-corrected chi connectivity index (χ0v) is 14.2. The highest BCUT2D eigenvalue weighted by atomic mass is 32.1. The van der Waals surface area contributed by atoms with Gasteiger partial charge in [-0.15, -0.1) is 0 Å². The van der Waals surface area contributed by atoms with Gasteiger partial charge < -0.3 is 4.74 Å². The highest BCUT2D eigenvalue weighted by Gasteiger charge is 2.08. The van der Waals surface area contributed by atoms with Crippen LogP contribution in [0.25, 0.3) is 0 Å². The first-order chi connectivity index (χ1) is 9.24. The minimum absolute atomic E-state index is 0.358. The lowest BCUT2D eigenvalue weighted by atomic mass is 10.0. The van der Waals surface area contributed by atoms with Gasteiger partial charge in [0.25, 0.3) is 0 Å². The van der Waals surface area contributed by atoms with Gasteiger partial charge in [-0.25, -0.2) is 0 Å². The molecule has 0 radical (unpaired) electrons. The first-order valence-corrected chi connectivity index (χ1v) is 8.84. The van der Waals surface area contributed by atoms with Crippen LogP contribution in [-0.2, 0) is 4.74 Å². The lowest BCUT2D eigenvalue weighted by Crippen LogP contribution is -2.15. The second kappa shape index (κ2) is 14.3. The van der Waals surface area contributed by atoms with Crippen molar-refractivity contribution in [3.05, 3.63) is 0 Å². The zero-order chi connectivity index (χ0) is 14.3. The Labute approximate surface area is 126 Å². The summed E-state index contributed by atoms with van der Waals surface area (Å²) in [6.07, 6.45) is 16.0. The van der Waals surface area contributed by atoms with Gasteiger partial charge in [0.2, 0.25) is 0 Å². The molecular weight excluding hydrogens is 252 g/mol. The molecule has 0 N–H and O–H groups in total. The highest BCUT2D eigenvalue weighted by Crippen LogP contribution is 2.14. The maximum absolute atomic E-state index is 5.75. The van der Waals surface area contributed by atoms with E-state index in [1.165, 1.54) is 64.2 Å². The van der Waals surface area contributed by atoms with E-state index in [9.17, 15) is 0 Å². The lowest BCUT2D eigenvalue weighted by molar-refractivity contribution is 0.170. The number of thiocarbonyl (C=S) groups is 1. The first-order valence-electron chi connectivity index (χ1n) is 8.44. The van der Waals surface area contributed by atoms with Crippen molar-refractivity contribution < 1.29 is 4.74 Å². The van der Waals surface area contributed by atoms with Gasteiger partial charge in [-0.05, 0) is 31.5 Å². The van der Waals surface area contributed by atoms with Crippen molar-refractivity contribution in [1.82, 2.24) is 0 Å². The molecule has 0 aliphatic heterocycles.